The molecule has 0 spiro atoms. The molecule has 21 heavy (non-hydrogen) atoms. The van der Waals surface area contributed by atoms with Crippen molar-refractivity contribution < 1.29 is 4.74 Å². The van der Waals surface area contributed by atoms with Gasteiger partial charge in [-0.1, -0.05) is 32.0 Å². The van der Waals surface area contributed by atoms with Crippen LogP contribution < -0.4 is 10.1 Å². The van der Waals surface area contributed by atoms with Crippen molar-refractivity contribution in [3.8, 4) is 5.75 Å². The third kappa shape index (κ3) is 5.68. The van der Waals surface area contributed by atoms with Gasteiger partial charge in [0.15, 0.2) is 0 Å². The molecule has 0 amide bonds. The van der Waals surface area contributed by atoms with Gasteiger partial charge in [-0.05, 0) is 50.4 Å². The first-order chi connectivity index (χ1) is 10.3. The molecular weight excluding hydrogens is 260 g/mol. The summed E-state index contributed by atoms with van der Waals surface area (Å²) in [6.07, 6.45) is 3.61. The summed E-state index contributed by atoms with van der Waals surface area (Å²) in [5.74, 6) is 1.73. The van der Waals surface area contributed by atoms with E-state index in [9.17, 15) is 0 Å². The van der Waals surface area contributed by atoms with E-state index in [1.807, 2.05) is 30.3 Å². The average molecular weight is 290 g/mol. The second-order valence-electron chi connectivity index (χ2n) is 6.14. The standard InChI is InChI=1S/C18H30N2O/c1-3-11-19-18-10-13-20(15-16(18)2)12-7-14-21-17-8-5-4-6-9-17/h4-6,8-9,16,18-19H,3,7,10-15H2,1-2H3. The van der Waals surface area contributed by atoms with Crippen LogP contribution in [0.3, 0.4) is 0 Å². The minimum atomic E-state index is 0.710. The molecule has 3 heteroatoms. The quantitative estimate of drug-likeness (QED) is 0.744. The number of nitrogens with one attached hydrogen (secondary N) is 1. The van der Waals surface area contributed by atoms with Crippen LogP contribution in [0.4, 0.5) is 0 Å². The molecule has 2 rings (SSSR count). The van der Waals surface area contributed by atoms with Crippen LogP contribution in [-0.2, 0) is 0 Å². The number of hydrogen-bond acceptors (Lipinski definition) is 3. The first-order valence-electron chi connectivity index (χ1n) is 8.43. The molecule has 0 aromatic heterocycles. The lowest BCUT2D eigenvalue weighted by molar-refractivity contribution is 0.139. The summed E-state index contributed by atoms with van der Waals surface area (Å²) < 4.78 is 5.76. The Morgan fingerprint density at radius 3 is 2.81 bits per heavy atom. The lowest BCUT2D eigenvalue weighted by Gasteiger charge is -2.37. The number of likely N-dealkylation sites (tertiary alicyclic amines) is 1. The molecule has 0 bridgehead atoms. The minimum absolute atomic E-state index is 0.710. The third-order valence-corrected chi connectivity index (χ3v) is 4.28. The highest BCUT2D eigenvalue weighted by atomic mass is 16.5. The number of ether oxygens (including phenoxy) is 1. The van der Waals surface area contributed by atoms with E-state index in [-0.39, 0.29) is 0 Å². The Bertz CT molecular complexity index is 382. The zero-order chi connectivity index (χ0) is 14.9. The molecule has 0 aliphatic carbocycles. The highest BCUT2D eigenvalue weighted by Crippen LogP contribution is 2.17. The van der Waals surface area contributed by atoms with Crippen LogP contribution in [0.1, 0.15) is 33.1 Å². The number of rotatable bonds is 8. The monoisotopic (exact) mass is 290 g/mol. The number of para-hydroxylation sites is 1. The van der Waals surface area contributed by atoms with Gasteiger partial charge in [0.1, 0.15) is 5.75 Å². The molecule has 1 aromatic rings. The van der Waals surface area contributed by atoms with E-state index in [2.05, 4.69) is 24.1 Å². The van der Waals surface area contributed by atoms with E-state index in [0.29, 0.717) is 6.04 Å². The van der Waals surface area contributed by atoms with Gasteiger partial charge in [-0.15, -0.1) is 0 Å². The van der Waals surface area contributed by atoms with E-state index >= 15 is 0 Å². The van der Waals surface area contributed by atoms with Crippen molar-refractivity contribution in [2.75, 3.05) is 32.8 Å². The van der Waals surface area contributed by atoms with Crippen molar-refractivity contribution in [3.05, 3.63) is 30.3 Å². The minimum Gasteiger partial charge on any atom is -0.494 e. The van der Waals surface area contributed by atoms with Gasteiger partial charge in [-0.25, -0.2) is 0 Å². The fourth-order valence-electron chi connectivity index (χ4n) is 3.06. The second kappa shape index (κ2) is 9.06. The van der Waals surface area contributed by atoms with Crippen LogP contribution in [0.2, 0.25) is 0 Å². The highest BCUT2D eigenvalue weighted by molar-refractivity contribution is 5.20. The van der Waals surface area contributed by atoms with E-state index in [4.69, 9.17) is 4.74 Å². The SMILES string of the molecule is CCCNC1CCN(CCCOc2ccccc2)CC1C. The van der Waals surface area contributed by atoms with Gasteiger partial charge in [-0.2, -0.15) is 0 Å². The molecule has 3 nitrogen and oxygen atoms in total. The van der Waals surface area contributed by atoms with Gasteiger partial charge >= 0.3 is 0 Å². The molecule has 1 aromatic carbocycles. The number of piperidine rings is 1. The zero-order valence-electron chi connectivity index (χ0n) is 13.6. The summed E-state index contributed by atoms with van der Waals surface area (Å²) >= 11 is 0. The van der Waals surface area contributed by atoms with Crippen LogP contribution >= 0.6 is 0 Å². The number of nitrogens with zero attached hydrogens (tertiary/aromatic N) is 1. The fourth-order valence-corrected chi connectivity index (χ4v) is 3.06. The Hall–Kier alpha value is -1.06. The van der Waals surface area contributed by atoms with Crippen molar-refractivity contribution in [2.45, 2.75) is 39.2 Å². The predicted molar refractivity (Wildman–Crippen MR) is 88.9 cm³/mol. The molecule has 0 radical (unpaired) electrons. The summed E-state index contributed by atoms with van der Waals surface area (Å²) in [7, 11) is 0. The Labute approximate surface area is 129 Å². The highest BCUT2D eigenvalue weighted by Gasteiger charge is 2.24. The molecule has 1 aliphatic rings. The average Bonchev–Trinajstić information content (AvgIpc) is 2.52. The topological polar surface area (TPSA) is 24.5 Å². The van der Waals surface area contributed by atoms with Crippen LogP contribution in [0, 0.1) is 5.92 Å². The van der Waals surface area contributed by atoms with E-state index in [1.54, 1.807) is 0 Å². The van der Waals surface area contributed by atoms with Gasteiger partial charge in [0, 0.05) is 19.1 Å². The maximum absolute atomic E-state index is 5.76. The second-order valence-corrected chi connectivity index (χ2v) is 6.14. The summed E-state index contributed by atoms with van der Waals surface area (Å²) in [6, 6.07) is 10.8. The molecule has 1 heterocycles. The maximum atomic E-state index is 5.76. The fraction of sp³-hybridized carbons (Fsp3) is 0.667. The van der Waals surface area contributed by atoms with Crippen LogP contribution in [0.15, 0.2) is 30.3 Å². The maximum Gasteiger partial charge on any atom is 0.119 e. The zero-order valence-corrected chi connectivity index (χ0v) is 13.6. The summed E-state index contributed by atoms with van der Waals surface area (Å²) in [5, 5.41) is 3.68. The van der Waals surface area contributed by atoms with Crippen LogP contribution in [-0.4, -0.2) is 43.7 Å². The smallest absolute Gasteiger partial charge is 0.119 e. The molecule has 2 unspecified atom stereocenters. The Kier molecular flexibility index (Phi) is 7.04. The first kappa shape index (κ1) is 16.3. The first-order valence-corrected chi connectivity index (χ1v) is 8.43. The predicted octanol–water partition coefficient (Wildman–Crippen LogP) is 3.17. The van der Waals surface area contributed by atoms with Crippen molar-refractivity contribution in [1.82, 2.24) is 10.2 Å². The van der Waals surface area contributed by atoms with Crippen LogP contribution in [0.25, 0.3) is 0 Å². The van der Waals surface area contributed by atoms with Crippen molar-refractivity contribution in [2.24, 2.45) is 5.92 Å². The molecule has 1 aliphatic heterocycles. The van der Waals surface area contributed by atoms with Gasteiger partial charge in [0.2, 0.25) is 0 Å². The lowest BCUT2D eigenvalue weighted by Crippen LogP contribution is -2.48. The molecule has 118 valence electrons. The van der Waals surface area contributed by atoms with E-state index in [0.717, 1.165) is 37.8 Å². The van der Waals surface area contributed by atoms with Gasteiger partial charge in [-0.3, -0.25) is 0 Å². The summed E-state index contributed by atoms with van der Waals surface area (Å²) in [6.45, 7) is 10.2. The molecule has 0 saturated carbocycles. The molecule has 1 fully saturated rings. The van der Waals surface area contributed by atoms with E-state index < -0.39 is 0 Å². The third-order valence-electron chi connectivity index (χ3n) is 4.28. The molecule has 2 atom stereocenters. The Balaban J connectivity index is 1.60. The van der Waals surface area contributed by atoms with Crippen molar-refractivity contribution in [1.29, 1.82) is 0 Å². The Morgan fingerprint density at radius 2 is 2.10 bits per heavy atom. The largest absolute Gasteiger partial charge is 0.494 e. The molecule has 1 saturated heterocycles. The van der Waals surface area contributed by atoms with Gasteiger partial charge < -0.3 is 15.0 Å². The normalized spacial score (nSPS) is 23.1. The Morgan fingerprint density at radius 1 is 1.29 bits per heavy atom. The van der Waals surface area contributed by atoms with Crippen molar-refractivity contribution in [3.63, 3.8) is 0 Å². The molecule has 1 N–H and O–H groups in total. The van der Waals surface area contributed by atoms with E-state index in [1.165, 1.54) is 25.9 Å². The molecular formula is C18H30N2O. The van der Waals surface area contributed by atoms with Gasteiger partial charge in [0.25, 0.3) is 0 Å². The number of hydrogen-bond donors (Lipinski definition) is 1. The summed E-state index contributed by atoms with van der Waals surface area (Å²) in [4.78, 5) is 2.59. The van der Waals surface area contributed by atoms with Crippen LogP contribution in [0.5, 0.6) is 5.75 Å². The lowest BCUT2D eigenvalue weighted by atomic mass is 9.93. The van der Waals surface area contributed by atoms with Crippen molar-refractivity contribution >= 4 is 0 Å². The summed E-state index contributed by atoms with van der Waals surface area (Å²) in [5.41, 5.74) is 0. The van der Waals surface area contributed by atoms with Gasteiger partial charge in [0.05, 0.1) is 6.61 Å². The number of benzene rings is 1.